The zero-order chi connectivity index (χ0) is 11.4. The highest BCUT2D eigenvalue weighted by atomic mass is 14.9. The highest BCUT2D eigenvalue weighted by Gasteiger charge is 1.98. The maximum absolute atomic E-state index is 3.40. The molecule has 1 N–H and O–H groups in total. The van der Waals surface area contributed by atoms with Gasteiger partial charge >= 0.3 is 0 Å². The van der Waals surface area contributed by atoms with Gasteiger partial charge in [-0.05, 0) is 48.7 Å². The SMILES string of the molecule is CCc1ccc(Nc2ccccc2)cc1C. The number of rotatable bonds is 3. The molecule has 1 nitrogen and oxygen atoms in total. The second kappa shape index (κ2) is 4.84. The Morgan fingerprint density at radius 2 is 1.69 bits per heavy atom. The minimum Gasteiger partial charge on any atom is -0.356 e. The Hall–Kier alpha value is -1.76. The quantitative estimate of drug-likeness (QED) is 0.798. The van der Waals surface area contributed by atoms with Crippen molar-refractivity contribution < 1.29 is 0 Å². The molecule has 0 radical (unpaired) electrons. The average Bonchev–Trinajstić information content (AvgIpc) is 2.31. The number of hydrogen-bond donors (Lipinski definition) is 1. The van der Waals surface area contributed by atoms with Gasteiger partial charge in [-0.25, -0.2) is 0 Å². The van der Waals surface area contributed by atoms with E-state index in [1.165, 1.54) is 11.1 Å². The Bertz CT molecular complexity index is 460. The van der Waals surface area contributed by atoms with Gasteiger partial charge in [0, 0.05) is 11.4 Å². The van der Waals surface area contributed by atoms with Crippen LogP contribution in [0.4, 0.5) is 11.4 Å². The predicted molar refractivity (Wildman–Crippen MR) is 70.3 cm³/mol. The number of hydrogen-bond acceptors (Lipinski definition) is 1. The van der Waals surface area contributed by atoms with Crippen LogP contribution in [0.5, 0.6) is 0 Å². The summed E-state index contributed by atoms with van der Waals surface area (Å²) in [5.41, 5.74) is 5.05. The summed E-state index contributed by atoms with van der Waals surface area (Å²) in [4.78, 5) is 0. The molecule has 0 aliphatic rings. The second-order valence-electron chi connectivity index (χ2n) is 3.99. The van der Waals surface area contributed by atoms with Gasteiger partial charge in [0.05, 0.1) is 0 Å². The van der Waals surface area contributed by atoms with E-state index in [0.717, 1.165) is 17.8 Å². The molecule has 0 saturated heterocycles. The van der Waals surface area contributed by atoms with Crippen LogP contribution < -0.4 is 5.32 Å². The fraction of sp³-hybridized carbons (Fsp3) is 0.200. The maximum Gasteiger partial charge on any atom is 0.0387 e. The molecule has 2 rings (SSSR count). The fourth-order valence-electron chi connectivity index (χ4n) is 1.86. The lowest BCUT2D eigenvalue weighted by molar-refractivity contribution is 1.11. The van der Waals surface area contributed by atoms with Crippen LogP contribution in [0.15, 0.2) is 48.5 Å². The number of benzene rings is 2. The van der Waals surface area contributed by atoms with Gasteiger partial charge in [0.15, 0.2) is 0 Å². The normalized spacial score (nSPS) is 10.1. The zero-order valence-corrected chi connectivity index (χ0v) is 9.83. The lowest BCUT2D eigenvalue weighted by Crippen LogP contribution is -1.92. The number of para-hydroxylation sites is 1. The van der Waals surface area contributed by atoms with Gasteiger partial charge in [-0.1, -0.05) is 31.2 Å². The van der Waals surface area contributed by atoms with E-state index in [0.29, 0.717) is 0 Å². The third-order valence-corrected chi connectivity index (χ3v) is 2.79. The minimum atomic E-state index is 1.09. The molecule has 0 atom stereocenters. The number of aryl methyl sites for hydroxylation is 2. The average molecular weight is 211 g/mol. The highest BCUT2D eigenvalue weighted by Crippen LogP contribution is 2.19. The molecule has 0 unspecified atom stereocenters. The summed E-state index contributed by atoms with van der Waals surface area (Å²) < 4.78 is 0. The smallest absolute Gasteiger partial charge is 0.0387 e. The first-order valence-corrected chi connectivity index (χ1v) is 5.71. The Labute approximate surface area is 97.1 Å². The Morgan fingerprint density at radius 1 is 0.938 bits per heavy atom. The van der Waals surface area contributed by atoms with Crippen molar-refractivity contribution in [1.82, 2.24) is 0 Å². The van der Waals surface area contributed by atoms with Gasteiger partial charge in [-0.2, -0.15) is 0 Å². The molecule has 0 heterocycles. The standard InChI is InChI=1S/C15H17N/c1-3-13-9-10-15(11-12(13)2)16-14-7-5-4-6-8-14/h4-11,16H,3H2,1-2H3. The lowest BCUT2D eigenvalue weighted by atomic mass is 10.1. The first-order chi connectivity index (χ1) is 7.79. The third-order valence-electron chi connectivity index (χ3n) is 2.79. The van der Waals surface area contributed by atoms with Gasteiger partial charge in [0.2, 0.25) is 0 Å². The van der Waals surface area contributed by atoms with Crippen molar-refractivity contribution in [3.63, 3.8) is 0 Å². The number of anilines is 2. The van der Waals surface area contributed by atoms with Crippen LogP contribution >= 0.6 is 0 Å². The summed E-state index contributed by atoms with van der Waals surface area (Å²) in [6.07, 6.45) is 1.09. The molecule has 0 bridgehead atoms. The molecular weight excluding hydrogens is 194 g/mol. The van der Waals surface area contributed by atoms with E-state index < -0.39 is 0 Å². The van der Waals surface area contributed by atoms with Crippen molar-refractivity contribution in [3.8, 4) is 0 Å². The topological polar surface area (TPSA) is 12.0 Å². The van der Waals surface area contributed by atoms with Crippen molar-refractivity contribution in [2.75, 3.05) is 5.32 Å². The fourth-order valence-corrected chi connectivity index (χ4v) is 1.86. The first-order valence-electron chi connectivity index (χ1n) is 5.71. The van der Waals surface area contributed by atoms with Crippen LogP contribution in [0, 0.1) is 6.92 Å². The van der Waals surface area contributed by atoms with Crippen LogP contribution in [0.25, 0.3) is 0 Å². The van der Waals surface area contributed by atoms with E-state index in [1.54, 1.807) is 0 Å². The van der Waals surface area contributed by atoms with Gasteiger partial charge in [-0.15, -0.1) is 0 Å². The Kier molecular flexibility index (Phi) is 3.25. The summed E-state index contributed by atoms with van der Waals surface area (Å²) in [6.45, 7) is 4.35. The van der Waals surface area contributed by atoms with Gasteiger partial charge in [0.25, 0.3) is 0 Å². The van der Waals surface area contributed by atoms with E-state index in [-0.39, 0.29) is 0 Å². The lowest BCUT2D eigenvalue weighted by Gasteiger charge is -2.09. The predicted octanol–water partition coefficient (Wildman–Crippen LogP) is 4.30. The largest absolute Gasteiger partial charge is 0.356 e. The van der Waals surface area contributed by atoms with Gasteiger partial charge in [0.1, 0.15) is 0 Å². The van der Waals surface area contributed by atoms with Crippen molar-refractivity contribution >= 4 is 11.4 Å². The molecule has 0 fully saturated rings. The second-order valence-corrected chi connectivity index (χ2v) is 3.99. The summed E-state index contributed by atoms with van der Waals surface area (Å²) in [5.74, 6) is 0. The Balaban J connectivity index is 2.20. The summed E-state index contributed by atoms with van der Waals surface area (Å²) in [5, 5.41) is 3.40. The molecule has 0 amide bonds. The summed E-state index contributed by atoms with van der Waals surface area (Å²) >= 11 is 0. The zero-order valence-electron chi connectivity index (χ0n) is 9.83. The van der Waals surface area contributed by atoms with Crippen LogP contribution in [0.2, 0.25) is 0 Å². The van der Waals surface area contributed by atoms with E-state index in [1.807, 2.05) is 18.2 Å². The van der Waals surface area contributed by atoms with Crippen molar-refractivity contribution in [2.45, 2.75) is 20.3 Å². The summed E-state index contributed by atoms with van der Waals surface area (Å²) in [7, 11) is 0. The van der Waals surface area contributed by atoms with E-state index in [9.17, 15) is 0 Å². The molecule has 2 aromatic carbocycles. The Morgan fingerprint density at radius 3 is 2.31 bits per heavy atom. The van der Waals surface area contributed by atoms with E-state index in [4.69, 9.17) is 0 Å². The molecule has 82 valence electrons. The molecule has 0 aliphatic carbocycles. The molecule has 0 aromatic heterocycles. The maximum atomic E-state index is 3.40. The number of nitrogens with one attached hydrogen (secondary N) is 1. The van der Waals surface area contributed by atoms with E-state index in [2.05, 4.69) is 49.5 Å². The van der Waals surface area contributed by atoms with Crippen LogP contribution in [0.3, 0.4) is 0 Å². The van der Waals surface area contributed by atoms with Crippen molar-refractivity contribution in [2.24, 2.45) is 0 Å². The van der Waals surface area contributed by atoms with Crippen LogP contribution in [-0.4, -0.2) is 0 Å². The van der Waals surface area contributed by atoms with Crippen molar-refractivity contribution in [1.29, 1.82) is 0 Å². The summed E-state index contributed by atoms with van der Waals surface area (Å²) in [6, 6.07) is 16.8. The monoisotopic (exact) mass is 211 g/mol. The van der Waals surface area contributed by atoms with E-state index >= 15 is 0 Å². The molecular formula is C15H17N. The molecule has 1 heteroatoms. The van der Waals surface area contributed by atoms with Crippen molar-refractivity contribution in [3.05, 3.63) is 59.7 Å². The highest BCUT2D eigenvalue weighted by molar-refractivity contribution is 5.60. The molecule has 0 saturated carbocycles. The molecule has 16 heavy (non-hydrogen) atoms. The van der Waals surface area contributed by atoms with Gasteiger partial charge < -0.3 is 5.32 Å². The molecule has 2 aromatic rings. The minimum absolute atomic E-state index is 1.09. The first kappa shape index (κ1) is 10.7. The molecule has 0 spiro atoms. The third kappa shape index (κ3) is 2.43. The van der Waals surface area contributed by atoms with Gasteiger partial charge in [-0.3, -0.25) is 0 Å². The van der Waals surface area contributed by atoms with Crippen LogP contribution in [-0.2, 0) is 6.42 Å². The van der Waals surface area contributed by atoms with Crippen LogP contribution in [0.1, 0.15) is 18.1 Å². The molecule has 0 aliphatic heterocycles.